The third-order valence-corrected chi connectivity index (χ3v) is 3.01. The minimum absolute atomic E-state index is 0.491. The Morgan fingerprint density at radius 3 is 2.79 bits per heavy atom. The summed E-state index contributed by atoms with van der Waals surface area (Å²) in [7, 11) is 0. The van der Waals surface area contributed by atoms with Gasteiger partial charge in [-0.2, -0.15) is 0 Å². The van der Waals surface area contributed by atoms with Crippen molar-refractivity contribution in [3.8, 4) is 0 Å². The van der Waals surface area contributed by atoms with Gasteiger partial charge in [-0.3, -0.25) is 0 Å². The van der Waals surface area contributed by atoms with Crippen LogP contribution in [0.5, 0.6) is 0 Å². The van der Waals surface area contributed by atoms with Crippen LogP contribution in [0.2, 0.25) is 5.02 Å². The Labute approximate surface area is 106 Å². The highest BCUT2D eigenvalue weighted by molar-refractivity contribution is 9.10. The molecule has 0 saturated carbocycles. The largest absolute Gasteiger partial charge is 0.379 e. The first-order chi connectivity index (χ1) is 6.63. The topological polar surface area (TPSA) is 12.0 Å². The minimum atomic E-state index is 0.491. The maximum atomic E-state index is 5.79. The third kappa shape index (κ3) is 3.70. The van der Waals surface area contributed by atoms with Crippen molar-refractivity contribution >= 4 is 56.4 Å². The lowest BCUT2D eigenvalue weighted by molar-refractivity contribution is 1.30. The average molecular weight is 315 g/mol. The van der Waals surface area contributed by atoms with Crippen molar-refractivity contribution in [3.05, 3.63) is 38.3 Å². The molecule has 0 atom stereocenters. The Bertz CT molecular complexity index is 352. The Kier molecular flexibility index (Phi) is 5.10. The van der Waals surface area contributed by atoms with Gasteiger partial charge in [-0.25, -0.2) is 0 Å². The van der Waals surface area contributed by atoms with Gasteiger partial charge in [0.15, 0.2) is 0 Å². The Morgan fingerprint density at radius 1 is 1.50 bits per heavy atom. The molecule has 1 aromatic rings. The van der Waals surface area contributed by atoms with Gasteiger partial charge >= 0.3 is 0 Å². The normalized spacial score (nSPS) is 11.6. The summed E-state index contributed by atoms with van der Waals surface area (Å²) in [5, 5.41) is 4.33. The minimum Gasteiger partial charge on any atom is -0.379 e. The van der Waals surface area contributed by atoms with E-state index in [0.717, 1.165) is 10.2 Å². The summed E-state index contributed by atoms with van der Waals surface area (Å²) in [6.45, 7) is 0.491. The molecule has 0 heterocycles. The smallest absolute Gasteiger partial charge is 0.0517 e. The molecule has 1 rings (SSSR count). The second-order valence-corrected chi connectivity index (χ2v) is 4.53. The number of nitrogens with one attached hydrogen (secondary N) is 1. The van der Waals surface area contributed by atoms with Gasteiger partial charge in [-0.1, -0.05) is 34.8 Å². The van der Waals surface area contributed by atoms with Crippen LogP contribution >= 0.6 is 50.7 Å². The highest BCUT2D eigenvalue weighted by Crippen LogP contribution is 2.26. The van der Waals surface area contributed by atoms with E-state index in [2.05, 4.69) is 21.2 Å². The Morgan fingerprint density at radius 2 is 2.21 bits per heavy atom. The van der Waals surface area contributed by atoms with Crippen LogP contribution in [0.3, 0.4) is 0 Å². The summed E-state index contributed by atoms with van der Waals surface area (Å²) >= 11 is 20.3. The zero-order chi connectivity index (χ0) is 10.6. The van der Waals surface area contributed by atoms with Crippen molar-refractivity contribution in [1.82, 2.24) is 0 Å². The quantitative estimate of drug-likeness (QED) is 0.842. The van der Waals surface area contributed by atoms with E-state index in [1.807, 2.05) is 12.1 Å². The van der Waals surface area contributed by atoms with Crippen LogP contribution in [-0.4, -0.2) is 6.54 Å². The van der Waals surface area contributed by atoms with Crippen LogP contribution in [0, 0.1) is 0 Å². The zero-order valence-electron chi connectivity index (χ0n) is 7.03. The molecule has 0 aliphatic heterocycles. The van der Waals surface area contributed by atoms with Gasteiger partial charge in [0.25, 0.3) is 0 Å². The summed E-state index contributed by atoms with van der Waals surface area (Å²) in [6.07, 6.45) is 0. The second kappa shape index (κ2) is 5.86. The van der Waals surface area contributed by atoms with Crippen molar-refractivity contribution in [2.24, 2.45) is 0 Å². The van der Waals surface area contributed by atoms with Gasteiger partial charge in [0, 0.05) is 25.8 Å². The Hall–Kier alpha value is 0.110. The van der Waals surface area contributed by atoms with Crippen LogP contribution < -0.4 is 5.32 Å². The molecule has 0 aliphatic rings. The maximum absolute atomic E-state index is 5.79. The SMILES string of the molecule is Cl/C=C(/Cl)CNc1ccc(Cl)cc1Br. The number of anilines is 1. The molecule has 5 heteroatoms. The van der Waals surface area contributed by atoms with Crippen molar-refractivity contribution < 1.29 is 0 Å². The van der Waals surface area contributed by atoms with Crippen molar-refractivity contribution in [3.63, 3.8) is 0 Å². The molecule has 0 radical (unpaired) electrons. The fourth-order valence-corrected chi connectivity index (χ4v) is 1.82. The van der Waals surface area contributed by atoms with E-state index < -0.39 is 0 Å². The summed E-state index contributed by atoms with van der Waals surface area (Å²) in [5.41, 5.74) is 2.25. The molecular formula is C9H7BrCl3N. The predicted molar refractivity (Wildman–Crippen MR) is 67.4 cm³/mol. The second-order valence-electron chi connectivity index (χ2n) is 2.53. The predicted octanol–water partition coefficient (Wildman–Crippen LogP) is 4.83. The number of benzene rings is 1. The first kappa shape index (κ1) is 12.2. The standard InChI is InChI=1S/C9H7BrCl3N/c10-8-3-6(12)1-2-9(8)14-5-7(13)4-11/h1-4,14H,5H2/b7-4+. The monoisotopic (exact) mass is 313 g/mol. The van der Waals surface area contributed by atoms with E-state index in [1.165, 1.54) is 5.54 Å². The molecule has 0 saturated heterocycles. The Balaban J connectivity index is 2.68. The molecule has 1 N–H and O–H groups in total. The highest BCUT2D eigenvalue weighted by atomic mass is 79.9. The van der Waals surface area contributed by atoms with Crippen LogP contribution in [0.4, 0.5) is 5.69 Å². The fourth-order valence-electron chi connectivity index (χ4n) is 0.851. The van der Waals surface area contributed by atoms with E-state index in [1.54, 1.807) is 6.07 Å². The van der Waals surface area contributed by atoms with Gasteiger partial charge in [-0.05, 0) is 34.1 Å². The molecule has 1 nitrogen and oxygen atoms in total. The molecule has 0 aliphatic carbocycles. The average Bonchev–Trinajstić information content (AvgIpc) is 2.16. The molecule has 0 unspecified atom stereocenters. The molecular weight excluding hydrogens is 308 g/mol. The molecule has 0 bridgehead atoms. The van der Waals surface area contributed by atoms with Gasteiger partial charge in [0.1, 0.15) is 0 Å². The molecule has 76 valence electrons. The van der Waals surface area contributed by atoms with E-state index in [4.69, 9.17) is 34.8 Å². The summed E-state index contributed by atoms with van der Waals surface area (Å²) in [6, 6.07) is 5.47. The molecule has 1 aromatic carbocycles. The van der Waals surface area contributed by atoms with Crippen molar-refractivity contribution in [2.45, 2.75) is 0 Å². The van der Waals surface area contributed by atoms with Crippen molar-refractivity contribution in [2.75, 3.05) is 11.9 Å². The number of rotatable bonds is 3. The lowest BCUT2D eigenvalue weighted by atomic mass is 10.3. The first-order valence-corrected chi connectivity index (χ1v) is 5.75. The van der Waals surface area contributed by atoms with Gasteiger partial charge < -0.3 is 5.32 Å². The molecule has 0 amide bonds. The first-order valence-electron chi connectivity index (χ1n) is 3.77. The van der Waals surface area contributed by atoms with Gasteiger partial charge in [0.05, 0.1) is 6.54 Å². The van der Waals surface area contributed by atoms with Crippen LogP contribution in [0.1, 0.15) is 0 Å². The lowest BCUT2D eigenvalue weighted by Gasteiger charge is -2.07. The third-order valence-electron chi connectivity index (χ3n) is 1.50. The van der Waals surface area contributed by atoms with Gasteiger partial charge in [-0.15, -0.1) is 0 Å². The van der Waals surface area contributed by atoms with Crippen LogP contribution in [0.25, 0.3) is 0 Å². The number of hydrogen-bond donors (Lipinski definition) is 1. The molecule has 14 heavy (non-hydrogen) atoms. The molecule has 0 aromatic heterocycles. The summed E-state index contributed by atoms with van der Waals surface area (Å²) in [5.74, 6) is 0. The van der Waals surface area contributed by atoms with E-state index >= 15 is 0 Å². The number of hydrogen-bond acceptors (Lipinski definition) is 1. The van der Waals surface area contributed by atoms with Gasteiger partial charge in [0.2, 0.25) is 0 Å². The summed E-state index contributed by atoms with van der Waals surface area (Å²) in [4.78, 5) is 0. The van der Waals surface area contributed by atoms with Crippen molar-refractivity contribution in [1.29, 1.82) is 0 Å². The lowest BCUT2D eigenvalue weighted by Crippen LogP contribution is -2.01. The summed E-state index contributed by atoms with van der Waals surface area (Å²) < 4.78 is 0.893. The molecule has 0 fully saturated rings. The zero-order valence-corrected chi connectivity index (χ0v) is 10.9. The van der Waals surface area contributed by atoms with E-state index in [0.29, 0.717) is 16.6 Å². The molecule has 0 spiro atoms. The van der Waals surface area contributed by atoms with E-state index in [9.17, 15) is 0 Å². The fraction of sp³-hybridized carbons (Fsp3) is 0.111. The highest BCUT2D eigenvalue weighted by Gasteiger charge is 2.00. The van der Waals surface area contributed by atoms with Crippen LogP contribution in [0.15, 0.2) is 33.2 Å². The number of halogens is 4. The van der Waals surface area contributed by atoms with Crippen LogP contribution in [-0.2, 0) is 0 Å². The van der Waals surface area contributed by atoms with E-state index in [-0.39, 0.29) is 0 Å². The maximum Gasteiger partial charge on any atom is 0.0517 e.